The lowest BCUT2D eigenvalue weighted by Crippen LogP contribution is -2.26. The van der Waals surface area contributed by atoms with Gasteiger partial charge < -0.3 is 15.6 Å². The van der Waals surface area contributed by atoms with Crippen LogP contribution in [0.1, 0.15) is 23.5 Å². The first kappa shape index (κ1) is 9.82. The molecule has 2 aromatic heterocycles. The number of hydrogen-bond donors (Lipinski definition) is 3. The van der Waals surface area contributed by atoms with Crippen LogP contribution in [-0.4, -0.2) is 32.3 Å². The second-order valence-electron chi connectivity index (χ2n) is 3.88. The van der Waals surface area contributed by atoms with Gasteiger partial charge in [0.05, 0.1) is 0 Å². The monoisotopic (exact) mass is 234 g/mol. The minimum Gasteiger partial charge on any atom is -0.382 e. The van der Waals surface area contributed by atoms with Crippen molar-refractivity contribution in [2.24, 2.45) is 0 Å². The molecule has 0 spiro atoms. The highest BCUT2D eigenvalue weighted by Crippen LogP contribution is 2.20. The lowest BCUT2D eigenvalue weighted by atomic mass is 10.4. The Hall–Kier alpha value is -2.38. The molecule has 1 amide bonds. The molecular formula is C9H10N6O2. The molecule has 0 atom stereocenters. The zero-order valence-electron chi connectivity index (χ0n) is 8.80. The Morgan fingerprint density at radius 2 is 2.41 bits per heavy atom. The van der Waals surface area contributed by atoms with Crippen LogP contribution in [0.2, 0.25) is 0 Å². The molecule has 88 valence electrons. The van der Waals surface area contributed by atoms with Gasteiger partial charge in [0.25, 0.3) is 17.6 Å². The van der Waals surface area contributed by atoms with E-state index < -0.39 is 0 Å². The number of H-pyrrole nitrogens is 1. The van der Waals surface area contributed by atoms with Crippen molar-refractivity contribution in [1.82, 2.24) is 25.7 Å². The van der Waals surface area contributed by atoms with E-state index in [-0.39, 0.29) is 23.7 Å². The number of anilines is 1. The van der Waals surface area contributed by atoms with Gasteiger partial charge in [0, 0.05) is 12.1 Å². The fraction of sp³-hybridized carbons (Fsp3) is 0.333. The Bertz CT molecular complexity index is 555. The van der Waals surface area contributed by atoms with Crippen LogP contribution in [0.25, 0.3) is 11.6 Å². The average molecular weight is 234 g/mol. The molecule has 8 heteroatoms. The van der Waals surface area contributed by atoms with E-state index in [1.807, 2.05) is 0 Å². The summed E-state index contributed by atoms with van der Waals surface area (Å²) in [5, 5.41) is 12.7. The largest absolute Gasteiger partial charge is 0.382 e. The highest BCUT2D eigenvalue weighted by molar-refractivity contribution is 5.91. The first-order valence-corrected chi connectivity index (χ1v) is 5.18. The number of amides is 1. The van der Waals surface area contributed by atoms with Gasteiger partial charge in [-0.2, -0.15) is 10.1 Å². The van der Waals surface area contributed by atoms with E-state index in [4.69, 9.17) is 10.3 Å². The van der Waals surface area contributed by atoms with E-state index in [9.17, 15) is 4.79 Å². The van der Waals surface area contributed by atoms with E-state index in [0.29, 0.717) is 11.5 Å². The maximum atomic E-state index is 11.6. The average Bonchev–Trinajstić information content (AvgIpc) is 2.81. The fourth-order valence-corrected chi connectivity index (χ4v) is 1.35. The van der Waals surface area contributed by atoms with Crippen LogP contribution in [0.5, 0.6) is 0 Å². The van der Waals surface area contributed by atoms with E-state index in [1.165, 1.54) is 0 Å². The van der Waals surface area contributed by atoms with Crippen LogP contribution < -0.4 is 11.1 Å². The summed E-state index contributed by atoms with van der Waals surface area (Å²) in [6.07, 6.45) is 2.01. The molecule has 17 heavy (non-hydrogen) atoms. The van der Waals surface area contributed by atoms with Gasteiger partial charge in [-0.05, 0) is 12.8 Å². The van der Waals surface area contributed by atoms with Crippen molar-refractivity contribution in [1.29, 1.82) is 0 Å². The summed E-state index contributed by atoms with van der Waals surface area (Å²) in [6, 6.07) is 1.81. The van der Waals surface area contributed by atoms with Crippen LogP contribution in [0.15, 0.2) is 10.6 Å². The van der Waals surface area contributed by atoms with Crippen molar-refractivity contribution in [2.45, 2.75) is 18.9 Å². The van der Waals surface area contributed by atoms with Gasteiger partial charge in [-0.25, -0.2) is 0 Å². The number of rotatable bonds is 3. The van der Waals surface area contributed by atoms with E-state index in [1.54, 1.807) is 6.07 Å². The van der Waals surface area contributed by atoms with Crippen LogP contribution in [-0.2, 0) is 0 Å². The Balaban J connectivity index is 1.79. The van der Waals surface area contributed by atoms with Gasteiger partial charge in [-0.1, -0.05) is 5.16 Å². The standard InChI is InChI=1S/C9H10N6O2/c10-6-3-5(13-14-6)9-12-7(15-17-9)8(16)11-4-1-2-4/h3-4H,1-2H2,(H,11,16)(H3,10,13,14). The first-order chi connectivity index (χ1) is 8.22. The lowest BCUT2D eigenvalue weighted by molar-refractivity contribution is 0.0937. The fourth-order valence-electron chi connectivity index (χ4n) is 1.35. The number of aromatic nitrogens is 4. The molecule has 1 saturated carbocycles. The van der Waals surface area contributed by atoms with Crippen molar-refractivity contribution in [3.8, 4) is 11.6 Å². The summed E-state index contributed by atoms with van der Waals surface area (Å²) in [5.74, 6) is 0.201. The number of nitrogens with one attached hydrogen (secondary N) is 2. The molecule has 0 aliphatic heterocycles. The van der Waals surface area contributed by atoms with E-state index in [0.717, 1.165) is 12.8 Å². The van der Waals surface area contributed by atoms with Crippen LogP contribution in [0.3, 0.4) is 0 Å². The van der Waals surface area contributed by atoms with E-state index >= 15 is 0 Å². The number of nitrogens with two attached hydrogens (primary N) is 1. The molecule has 1 aliphatic rings. The summed E-state index contributed by atoms with van der Waals surface area (Å²) < 4.78 is 4.94. The van der Waals surface area contributed by atoms with E-state index in [2.05, 4.69) is 25.7 Å². The molecule has 8 nitrogen and oxygen atoms in total. The predicted octanol–water partition coefficient (Wildman–Crippen LogP) is -0.0659. The summed E-state index contributed by atoms with van der Waals surface area (Å²) in [7, 11) is 0. The maximum Gasteiger partial charge on any atom is 0.292 e. The van der Waals surface area contributed by atoms with Crippen molar-refractivity contribution in [3.63, 3.8) is 0 Å². The molecule has 0 radical (unpaired) electrons. The number of nitrogen functional groups attached to an aromatic ring is 1. The lowest BCUT2D eigenvalue weighted by Gasteiger charge is -1.95. The second-order valence-corrected chi connectivity index (χ2v) is 3.88. The van der Waals surface area contributed by atoms with Gasteiger partial charge in [0.1, 0.15) is 11.5 Å². The summed E-state index contributed by atoms with van der Waals surface area (Å²) in [4.78, 5) is 15.6. The smallest absolute Gasteiger partial charge is 0.292 e. The Labute approximate surface area is 95.6 Å². The zero-order chi connectivity index (χ0) is 11.8. The van der Waals surface area contributed by atoms with Gasteiger partial charge in [-0.15, -0.1) is 0 Å². The van der Waals surface area contributed by atoms with Crippen LogP contribution >= 0.6 is 0 Å². The van der Waals surface area contributed by atoms with Crippen molar-refractivity contribution in [3.05, 3.63) is 11.9 Å². The minimum atomic E-state index is -0.324. The minimum absolute atomic E-state index is 0.0140. The normalized spacial score (nSPS) is 14.8. The molecule has 3 rings (SSSR count). The molecule has 2 heterocycles. The van der Waals surface area contributed by atoms with Crippen LogP contribution in [0.4, 0.5) is 5.82 Å². The molecule has 4 N–H and O–H groups in total. The maximum absolute atomic E-state index is 11.6. The molecule has 0 bridgehead atoms. The Morgan fingerprint density at radius 1 is 1.59 bits per heavy atom. The Morgan fingerprint density at radius 3 is 3.06 bits per heavy atom. The van der Waals surface area contributed by atoms with Crippen molar-refractivity contribution in [2.75, 3.05) is 5.73 Å². The third kappa shape index (κ3) is 1.96. The SMILES string of the molecule is Nc1cc(-c2nc(C(=O)NC3CC3)no2)[nH]n1. The molecule has 1 fully saturated rings. The molecule has 2 aromatic rings. The van der Waals surface area contributed by atoms with Gasteiger partial charge >= 0.3 is 0 Å². The summed E-state index contributed by atoms with van der Waals surface area (Å²) >= 11 is 0. The molecule has 0 saturated heterocycles. The third-order valence-electron chi connectivity index (χ3n) is 2.37. The molecule has 0 unspecified atom stereocenters. The molecule has 0 aromatic carbocycles. The summed E-state index contributed by atoms with van der Waals surface area (Å²) in [6.45, 7) is 0. The van der Waals surface area contributed by atoms with Gasteiger partial charge in [0.2, 0.25) is 0 Å². The second kappa shape index (κ2) is 3.58. The third-order valence-corrected chi connectivity index (χ3v) is 2.37. The van der Waals surface area contributed by atoms with Gasteiger partial charge in [0.15, 0.2) is 0 Å². The predicted molar refractivity (Wildman–Crippen MR) is 56.8 cm³/mol. The highest BCUT2D eigenvalue weighted by atomic mass is 16.5. The molecule has 1 aliphatic carbocycles. The van der Waals surface area contributed by atoms with Crippen molar-refractivity contribution >= 4 is 11.7 Å². The van der Waals surface area contributed by atoms with Crippen molar-refractivity contribution < 1.29 is 9.32 Å². The number of nitrogens with zero attached hydrogens (tertiary/aromatic N) is 3. The number of carbonyl (C=O) groups is 1. The summed E-state index contributed by atoms with van der Waals surface area (Å²) in [5.41, 5.74) is 5.93. The quantitative estimate of drug-likeness (QED) is 0.683. The topological polar surface area (TPSA) is 123 Å². The molecular weight excluding hydrogens is 224 g/mol. The highest BCUT2D eigenvalue weighted by Gasteiger charge is 2.26. The number of carbonyl (C=O) groups excluding carboxylic acids is 1. The first-order valence-electron chi connectivity index (χ1n) is 5.18. The number of aromatic amines is 1. The zero-order valence-corrected chi connectivity index (χ0v) is 8.80. The van der Waals surface area contributed by atoms with Gasteiger partial charge in [-0.3, -0.25) is 9.89 Å². The van der Waals surface area contributed by atoms with Crippen LogP contribution in [0, 0.1) is 0 Å². The Kier molecular flexibility index (Phi) is 2.07. The number of hydrogen-bond acceptors (Lipinski definition) is 6.